The molecule has 0 aromatic carbocycles. The van der Waals surface area contributed by atoms with Crippen molar-refractivity contribution in [3.05, 3.63) is 23.9 Å². The molecular formula is C16H26N4O2. The number of ether oxygens (including phenoxy) is 2. The summed E-state index contributed by atoms with van der Waals surface area (Å²) in [5.41, 5.74) is 0.915. The van der Waals surface area contributed by atoms with Crippen LogP contribution in [-0.4, -0.2) is 43.4 Å². The Labute approximate surface area is 132 Å². The maximum absolute atomic E-state index is 5.77. The largest absolute Gasteiger partial charge is 0.478 e. The van der Waals surface area contributed by atoms with E-state index in [4.69, 9.17) is 9.47 Å². The number of guanidine groups is 1. The van der Waals surface area contributed by atoms with Crippen LogP contribution in [0.1, 0.15) is 32.3 Å². The summed E-state index contributed by atoms with van der Waals surface area (Å²) in [5.74, 6) is 1.42. The Morgan fingerprint density at radius 2 is 2.36 bits per heavy atom. The lowest BCUT2D eigenvalue weighted by Gasteiger charge is -2.24. The predicted octanol–water partition coefficient (Wildman–Crippen LogP) is 1.71. The van der Waals surface area contributed by atoms with Gasteiger partial charge in [0.2, 0.25) is 5.88 Å². The second-order valence-corrected chi connectivity index (χ2v) is 5.58. The Hall–Kier alpha value is -1.82. The molecule has 22 heavy (non-hydrogen) atoms. The van der Waals surface area contributed by atoms with Gasteiger partial charge in [-0.1, -0.05) is 6.07 Å². The second-order valence-electron chi connectivity index (χ2n) is 5.58. The van der Waals surface area contributed by atoms with Crippen molar-refractivity contribution in [2.75, 3.05) is 26.8 Å². The van der Waals surface area contributed by atoms with Crippen LogP contribution in [0.5, 0.6) is 5.88 Å². The number of nitrogens with one attached hydrogen (secondary N) is 2. The van der Waals surface area contributed by atoms with Crippen LogP contribution < -0.4 is 15.4 Å². The summed E-state index contributed by atoms with van der Waals surface area (Å²) in [6.07, 6.45) is 3.94. The summed E-state index contributed by atoms with van der Waals surface area (Å²) in [6, 6.07) is 3.91. The molecule has 6 nitrogen and oxygen atoms in total. The molecule has 1 saturated heterocycles. The van der Waals surface area contributed by atoms with Gasteiger partial charge in [-0.3, -0.25) is 4.99 Å². The number of rotatable bonds is 6. The fourth-order valence-corrected chi connectivity index (χ4v) is 2.47. The third-order valence-electron chi connectivity index (χ3n) is 3.73. The van der Waals surface area contributed by atoms with Crippen LogP contribution in [0.4, 0.5) is 0 Å². The van der Waals surface area contributed by atoms with Gasteiger partial charge in [-0.15, -0.1) is 0 Å². The molecule has 6 heteroatoms. The fraction of sp³-hybridized carbons (Fsp3) is 0.625. The molecule has 0 bridgehead atoms. The highest BCUT2D eigenvalue weighted by atomic mass is 16.5. The summed E-state index contributed by atoms with van der Waals surface area (Å²) >= 11 is 0. The van der Waals surface area contributed by atoms with Crippen LogP contribution in [0.2, 0.25) is 0 Å². The van der Waals surface area contributed by atoms with Crippen molar-refractivity contribution >= 4 is 5.96 Å². The minimum atomic E-state index is -0.0948. The smallest absolute Gasteiger partial charge is 0.218 e. The normalized spacial score (nSPS) is 21.7. The molecule has 0 amide bonds. The number of nitrogens with zero attached hydrogens (tertiary/aromatic N) is 2. The summed E-state index contributed by atoms with van der Waals surface area (Å²) in [5, 5.41) is 6.62. The molecule has 2 heterocycles. The lowest BCUT2D eigenvalue weighted by Crippen LogP contribution is -2.45. The molecule has 2 N–H and O–H groups in total. The van der Waals surface area contributed by atoms with E-state index >= 15 is 0 Å². The molecule has 0 spiro atoms. The van der Waals surface area contributed by atoms with Crippen molar-refractivity contribution in [2.45, 2.75) is 38.8 Å². The number of pyridine rings is 1. The van der Waals surface area contributed by atoms with E-state index in [0.717, 1.165) is 37.5 Å². The van der Waals surface area contributed by atoms with Gasteiger partial charge in [-0.2, -0.15) is 0 Å². The van der Waals surface area contributed by atoms with Crippen molar-refractivity contribution < 1.29 is 9.47 Å². The van der Waals surface area contributed by atoms with E-state index in [9.17, 15) is 0 Å². The molecule has 1 unspecified atom stereocenters. The predicted molar refractivity (Wildman–Crippen MR) is 87.2 cm³/mol. The maximum atomic E-state index is 5.77. The molecule has 0 aliphatic carbocycles. The van der Waals surface area contributed by atoms with Crippen molar-refractivity contribution in [1.29, 1.82) is 0 Å². The molecule has 1 fully saturated rings. The van der Waals surface area contributed by atoms with Gasteiger partial charge in [0.25, 0.3) is 0 Å². The average molecular weight is 306 g/mol. The molecular weight excluding hydrogens is 280 g/mol. The zero-order chi connectivity index (χ0) is 15.8. The van der Waals surface area contributed by atoms with E-state index in [2.05, 4.69) is 27.5 Å². The molecule has 1 aliphatic heterocycles. The lowest BCUT2D eigenvalue weighted by molar-refractivity contribution is 0.0243. The highest BCUT2D eigenvalue weighted by Gasteiger charge is 2.29. The number of hydrogen-bond donors (Lipinski definition) is 2. The second kappa shape index (κ2) is 7.98. The van der Waals surface area contributed by atoms with E-state index < -0.39 is 0 Å². The van der Waals surface area contributed by atoms with Crippen LogP contribution in [0.3, 0.4) is 0 Å². The molecule has 1 aromatic heterocycles. The first kappa shape index (κ1) is 16.5. The molecule has 0 radical (unpaired) electrons. The number of aliphatic imine (C=N–C) groups is 1. The van der Waals surface area contributed by atoms with E-state index in [0.29, 0.717) is 19.0 Å². The van der Waals surface area contributed by atoms with Crippen LogP contribution in [0.25, 0.3) is 0 Å². The highest BCUT2D eigenvalue weighted by Crippen LogP contribution is 2.23. The third-order valence-corrected chi connectivity index (χ3v) is 3.73. The molecule has 1 aliphatic rings. The standard InChI is InChI=1S/C16H26N4O2/c1-4-21-14-13(7-5-9-18-14)11-19-15(17-3)20-12-16(2)8-6-10-22-16/h5,7,9H,4,6,8,10-12H2,1-3H3,(H2,17,19,20). The van der Waals surface area contributed by atoms with Crippen LogP contribution in [0.15, 0.2) is 23.3 Å². The summed E-state index contributed by atoms with van der Waals surface area (Å²) in [6.45, 7) is 6.89. The Morgan fingerprint density at radius 1 is 1.50 bits per heavy atom. The van der Waals surface area contributed by atoms with E-state index in [1.165, 1.54) is 0 Å². The molecule has 122 valence electrons. The Kier molecular flexibility index (Phi) is 6.00. The molecule has 2 rings (SSSR count). The zero-order valence-corrected chi connectivity index (χ0v) is 13.7. The summed E-state index contributed by atoms with van der Waals surface area (Å²) in [7, 11) is 1.76. The van der Waals surface area contributed by atoms with E-state index in [1.54, 1.807) is 13.2 Å². The Morgan fingerprint density at radius 3 is 3.05 bits per heavy atom. The zero-order valence-electron chi connectivity index (χ0n) is 13.7. The van der Waals surface area contributed by atoms with Crippen LogP contribution in [-0.2, 0) is 11.3 Å². The molecule has 1 atom stereocenters. The SMILES string of the molecule is CCOc1ncccc1CNC(=NC)NCC1(C)CCCO1. The average Bonchev–Trinajstić information content (AvgIpc) is 2.96. The van der Waals surface area contributed by atoms with E-state index in [-0.39, 0.29) is 5.60 Å². The fourth-order valence-electron chi connectivity index (χ4n) is 2.47. The topological polar surface area (TPSA) is 67.8 Å². The minimum absolute atomic E-state index is 0.0948. The third kappa shape index (κ3) is 4.59. The van der Waals surface area contributed by atoms with Gasteiger partial charge in [0.1, 0.15) is 0 Å². The first-order valence-corrected chi connectivity index (χ1v) is 7.82. The van der Waals surface area contributed by atoms with Crippen LogP contribution >= 0.6 is 0 Å². The lowest BCUT2D eigenvalue weighted by atomic mass is 10.0. The van der Waals surface area contributed by atoms with Crippen molar-refractivity contribution in [3.8, 4) is 5.88 Å². The first-order valence-electron chi connectivity index (χ1n) is 7.82. The van der Waals surface area contributed by atoms with Gasteiger partial charge < -0.3 is 20.1 Å². The first-order chi connectivity index (χ1) is 10.7. The van der Waals surface area contributed by atoms with Crippen molar-refractivity contribution in [3.63, 3.8) is 0 Å². The van der Waals surface area contributed by atoms with Gasteiger partial charge >= 0.3 is 0 Å². The monoisotopic (exact) mass is 306 g/mol. The minimum Gasteiger partial charge on any atom is -0.478 e. The van der Waals surface area contributed by atoms with Crippen molar-refractivity contribution in [2.24, 2.45) is 4.99 Å². The van der Waals surface area contributed by atoms with Crippen molar-refractivity contribution in [1.82, 2.24) is 15.6 Å². The maximum Gasteiger partial charge on any atom is 0.218 e. The Bertz CT molecular complexity index is 499. The number of aromatic nitrogens is 1. The van der Waals surface area contributed by atoms with Gasteiger partial charge in [0, 0.05) is 38.5 Å². The van der Waals surface area contributed by atoms with E-state index in [1.807, 2.05) is 19.1 Å². The van der Waals surface area contributed by atoms with Crippen LogP contribution in [0, 0.1) is 0 Å². The molecule has 1 aromatic rings. The molecule has 0 saturated carbocycles. The Balaban J connectivity index is 1.86. The highest BCUT2D eigenvalue weighted by molar-refractivity contribution is 5.79. The quantitative estimate of drug-likeness (QED) is 0.619. The van der Waals surface area contributed by atoms with Gasteiger partial charge in [-0.25, -0.2) is 4.98 Å². The van der Waals surface area contributed by atoms with Gasteiger partial charge in [0.15, 0.2) is 5.96 Å². The number of hydrogen-bond acceptors (Lipinski definition) is 4. The summed E-state index contributed by atoms with van der Waals surface area (Å²) < 4.78 is 11.3. The van der Waals surface area contributed by atoms with Gasteiger partial charge in [-0.05, 0) is 32.8 Å². The van der Waals surface area contributed by atoms with Gasteiger partial charge in [0.05, 0.1) is 12.2 Å². The summed E-state index contributed by atoms with van der Waals surface area (Å²) in [4.78, 5) is 8.50.